The van der Waals surface area contributed by atoms with Crippen molar-refractivity contribution in [2.24, 2.45) is 0 Å². The number of rotatable bonds is 8. The number of hydrogen-bond acceptors (Lipinski definition) is 4. The summed E-state index contributed by atoms with van der Waals surface area (Å²) < 4.78 is 2.91. The van der Waals surface area contributed by atoms with Crippen molar-refractivity contribution >= 4 is 28.3 Å². The van der Waals surface area contributed by atoms with Crippen molar-refractivity contribution in [3.63, 3.8) is 0 Å². The zero-order valence-electron chi connectivity index (χ0n) is 17.5. The lowest BCUT2D eigenvalue weighted by molar-refractivity contribution is 0.0954. The van der Waals surface area contributed by atoms with Crippen LogP contribution in [0.1, 0.15) is 20.8 Å². The van der Waals surface area contributed by atoms with Gasteiger partial charge in [0.15, 0.2) is 0 Å². The fourth-order valence-corrected chi connectivity index (χ4v) is 4.35. The zero-order chi connectivity index (χ0) is 22.5. The van der Waals surface area contributed by atoms with E-state index in [1.807, 2.05) is 53.9 Å². The number of benzene rings is 2. The first-order valence-electron chi connectivity index (χ1n) is 10.3. The maximum Gasteiger partial charge on any atom is 0.317 e. The van der Waals surface area contributed by atoms with Crippen molar-refractivity contribution in [3.05, 3.63) is 115 Å². The highest BCUT2D eigenvalue weighted by Gasteiger charge is 2.13. The van der Waals surface area contributed by atoms with Crippen molar-refractivity contribution in [1.29, 1.82) is 0 Å². The molecule has 2 heterocycles. The van der Waals surface area contributed by atoms with E-state index < -0.39 is 11.1 Å². The Balaban J connectivity index is 1.53. The van der Waals surface area contributed by atoms with Crippen LogP contribution in [0.15, 0.2) is 88.3 Å². The van der Waals surface area contributed by atoms with Crippen LogP contribution in [0.3, 0.4) is 0 Å². The van der Waals surface area contributed by atoms with Crippen LogP contribution >= 0.6 is 11.3 Å². The summed E-state index contributed by atoms with van der Waals surface area (Å²) in [5, 5.41) is 4.95. The number of para-hydroxylation sites is 2. The molecule has 0 aliphatic heterocycles. The summed E-state index contributed by atoms with van der Waals surface area (Å²) >= 11 is 1.67. The summed E-state index contributed by atoms with van der Waals surface area (Å²) in [7, 11) is 0. The van der Waals surface area contributed by atoms with Gasteiger partial charge in [-0.1, -0.05) is 36.4 Å². The maximum absolute atomic E-state index is 12.8. The van der Waals surface area contributed by atoms with E-state index >= 15 is 0 Å². The minimum Gasteiger partial charge on any atom is -0.352 e. The number of fused-ring (bicyclic) bond motifs is 1. The first kappa shape index (κ1) is 21.5. The van der Waals surface area contributed by atoms with E-state index in [0.717, 1.165) is 12.0 Å². The third-order valence-electron chi connectivity index (χ3n) is 5.24. The number of nitrogens with zero attached hydrogens (tertiary/aromatic N) is 2. The summed E-state index contributed by atoms with van der Waals surface area (Å²) in [5.74, 6) is -0.136. The van der Waals surface area contributed by atoms with Crippen LogP contribution < -0.4 is 16.4 Å². The highest BCUT2D eigenvalue weighted by Crippen LogP contribution is 2.13. The van der Waals surface area contributed by atoms with Crippen molar-refractivity contribution in [1.82, 2.24) is 14.5 Å². The van der Waals surface area contributed by atoms with Crippen LogP contribution in [-0.4, -0.2) is 21.6 Å². The minimum absolute atomic E-state index is 0.136. The number of thiophene rings is 1. The van der Waals surface area contributed by atoms with Gasteiger partial charge >= 0.3 is 11.1 Å². The molecule has 1 N–H and O–H groups in total. The van der Waals surface area contributed by atoms with Crippen molar-refractivity contribution in [2.75, 3.05) is 6.54 Å². The molecule has 0 aliphatic rings. The van der Waals surface area contributed by atoms with Crippen LogP contribution in [0.5, 0.6) is 0 Å². The fourth-order valence-electron chi connectivity index (χ4n) is 3.64. The highest BCUT2D eigenvalue weighted by molar-refractivity contribution is 7.09. The molecule has 0 atom stereocenters. The predicted octanol–water partition coefficient (Wildman–Crippen LogP) is 3.43. The molecule has 32 heavy (non-hydrogen) atoms. The van der Waals surface area contributed by atoms with Crippen LogP contribution in [0.4, 0.5) is 0 Å². The highest BCUT2D eigenvalue weighted by atomic mass is 32.1. The van der Waals surface area contributed by atoms with E-state index in [1.54, 1.807) is 29.5 Å². The largest absolute Gasteiger partial charge is 0.352 e. The number of hydrogen-bond donors (Lipinski definition) is 1. The molecule has 7 heteroatoms. The molecule has 2 aromatic heterocycles. The SMILES string of the molecule is C=CCn1c(=O)c(=O)n(Cc2ccc(C(=O)NCCc3cccs3)cc2)c2ccccc21. The third-order valence-corrected chi connectivity index (χ3v) is 6.18. The summed E-state index contributed by atoms with van der Waals surface area (Å²) in [5.41, 5.74) is 1.58. The van der Waals surface area contributed by atoms with Crippen molar-refractivity contribution in [2.45, 2.75) is 19.5 Å². The lowest BCUT2D eigenvalue weighted by Gasteiger charge is -2.14. The van der Waals surface area contributed by atoms with Gasteiger partial charge in [0.05, 0.1) is 17.6 Å². The van der Waals surface area contributed by atoms with Gasteiger partial charge in [-0.05, 0) is 47.7 Å². The van der Waals surface area contributed by atoms with Crippen LogP contribution in [0, 0.1) is 0 Å². The summed E-state index contributed by atoms with van der Waals surface area (Å²) in [6.07, 6.45) is 2.40. The van der Waals surface area contributed by atoms with Gasteiger partial charge in [0.2, 0.25) is 0 Å². The number of allylic oxidation sites excluding steroid dienone is 1. The number of carbonyl (C=O) groups is 1. The Morgan fingerprint density at radius 1 is 0.938 bits per heavy atom. The quantitative estimate of drug-likeness (QED) is 0.334. The molecule has 0 saturated carbocycles. The Bertz CT molecular complexity index is 1370. The molecule has 0 spiro atoms. The zero-order valence-corrected chi connectivity index (χ0v) is 18.3. The monoisotopic (exact) mass is 445 g/mol. The number of nitrogens with one attached hydrogen (secondary N) is 1. The molecule has 0 unspecified atom stereocenters. The van der Waals surface area contributed by atoms with Gasteiger partial charge in [-0.15, -0.1) is 17.9 Å². The fraction of sp³-hybridized carbons (Fsp3) is 0.160. The second-order valence-electron chi connectivity index (χ2n) is 7.37. The Labute approximate surface area is 189 Å². The normalized spacial score (nSPS) is 10.9. The predicted molar refractivity (Wildman–Crippen MR) is 129 cm³/mol. The molecular formula is C25H23N3O3S. The third kappa shape index (κ3) is 4.48. The summed E-state index contributed by atoms with van der Waals surface area (Å²) in [6.45, 7) is 4.76. The molecule has 0 aliphatic carbocycles. The second kappa shape index (κ2) is 9.62. The van der Waals surface area contributed by atoms with Gasteiger partial charge in [-0.25, -0.2) is 0 Å². The summed E-state index contributed by atoms with van der Waals surface area (Å²) in [6, 6.07) is 18.5. The van der Waals surface area contributed by atoms with E-state index in [1.165, 1.54) is 14.0 Å². The van der Waals surface area contributed by atoms with Gasteiger partial charge in [0.1, 0.15) is 0 Å². The maximum atomic E-state index is 12.8. The molecule has 4 rings (SSSR count). The molecule has 6 nitrogen and oxygen atoms in total. The second-order valence-corrected chi connectivity index (χ2v) is 8.40. The van der Waals surface area contributed by atoms with E-state index in [9.17, 15) is 14.4 Å². The lowest BCUT2D eigenvalue weighted by Crippen LogP contribution is -2.41. The number of carbonyl (C=O) groups excluding carboxylic acids is 1. The topological polar surface area (TPSA) is 73.1 Å². The Morgan fingerprint density at radius 2 is 1.62 bits per heavy atom. The van der Waals surface area contributed by atoms with Gasteiger partial charge < -0.3 is 5.32 Å². The molecule has 2 aromatic carbocycles. The molecule has 0 saturated heterocycles. The standard InChI is InChI=1S/C25H23N3O3S/c1-2-15-27-21-7-3-4-8-22(21)28(25(31)24(27)30)17-18-9-11-19(12-10-18)23(29)26-14-13-20-6-5-16-32-20/h2-12,16H,1,13-15,17H2,(H,26,29). The van der Waals surface area contributed by atoms with Crippen LogP contribution in [0.25, 0.3) is 11.0 Å². The minimum atomic E-state index is -0.582. The molecule has 0 radical (unpaired) electrons. The van der Waals surface area contributed by atoms with E-state index in [0.29, 0.717) is 23.1 Å². The van der Waals surface area contributed by atoms with Gasteiger partial charge in [0.25, 0.3) is 5.91 Å². The number of aromatic nitrogens is 2. The Morgan fingerprint density at radius 3 is 2.28 bits per heavy atom. The summed E-state index contributed by atoms with van der Waals surface area (Å²) in [4.78, 5) is 39.1. The van der Waals surface area contributed by atoms with Gasteiger partial charge in [-0.3, -0.25) is 23.5 Å². The molecule has 0 bridgehead atoms. The molecule has 4 aromatic rings. The van der Waals surface area contributed by atoms with Crippen molar-refractivity contribution < 1.29 is 4.79 Å². The Hall–Kier alpha value is -3.71. The Kier molecular flexibility index (Phi) is 6.47. The molecule has 1 amide bonds. The lowest BCUT2D eigenvalue weighted by atomic mass is 10.1. The van der Waals surface area contributed by atoms with Crippen molar-refractivity contribution in [3.8, 4) is 0 Å². The van der Waals surface area contributed by atoms with Gasteiger partial charge in [-0.2, -0.15) is 0 Å². The van der Waals surface area contributed by atoms with Crippen LogP contribution in [-0.2, 0) is 19.5 Å². The van der Waals surface area contributed by atoms with E-state index in [4.69, 9.17) is 0 Å². The van der Waals surface area contributed by atoms with E-state index in [2.05, 4.69) is 11.9 Å². The first-order valence-corrected chi connectivity index (χ1v) is 11.2. The van der Waals surface area contributed by atoms with E-state index in [-0.39, 0.29) is 19.0 Å². The average molecular weight is 446 g/mol. The smallest absolute Gasteiger partial charge is 0.317 e. The number of amides is 1. The molecule has 162 valence electrons. The first-order chi connectivity index (χ1) is 15.6. The van der Waals surface area contributed by atoms with Crippen LogP contribution in [0.2, 0.25) is 0 Å². The molecular weight excluding hydrogens is 422 g/mol. The average Bonchev–Trinajstić information content (AvgIpc) is 3.33. The van der Waals surface area contributed by atoms with Gasteiger partial charge in [0, 0.05) is 23.5 Å². The molecule has 0 fully saturated rings.